The van der Waals surface area contributed by atoms with Crippen molar-refractivity contribution < 1.29 is 4.79 Å². The van der Waals surface area contributed by atoms with Gasteiger partial charge in [0.25, 0.3) is 5.91 Å². The number of hydrogen-bond acceptors (Lipinski definition) is 4. The van der Waals surface area contributed by atoms with Crippen molar-refractivity contribution >= 4 is 17.5 Å². The summed E-state index contributed by atoms with van der Waals surface area (Å²) in [6.45, 7) is 2.55. The minimum absolute atomic E-state index is 0.121. The van der Waals surface area contributed by atoms with Crippen molar-refractivity contribution in [2.75, 3.05) is 6.54 Å². The summed E-state index contributed by atoms with van der Waals surface area (Å²) in [4.78, 5) is 19.7. The lowest BCUT2D eigenvalue weighted by Gasteiger charge is -2.16. The van der Waals surface area contributed by atoms with E-state index in [0.717, 1.165) is 6.42 Å². The Kier molecular flexibility index (Phi) is 5.46. The monoisotopic (exact) mass is 318 g/mol. The first-order valence-corrected chi connectivity index (χ1v) is 7.44. The second kappa shape index (κ2) is 7.33. The summed E-state index contributed by atoms with van der Waals surface area (Å²) in [6, 6.07) is 8.17. The van der Waals surface area contributed by atoms with Crippen molar-refractivity contribution in [2.45, 2.75) is 19.8 Å². The number of halogens is 1. The zero-order chi connectivity index (χ0) is 16.1. The van der Waals surface area contributed by atoms with Crippen LogP contribution in [-0.2, 0) is 12.8 Å². The van der Waals surface area contributed by atoms with Crippen LogP contribution in [0, 0.1) is 12.8 Å². The third kappa shape index (κ3) is 4.02. The van der Waals surface area contributed by atoms with Crippen molar-refractivity contribution in [1.82, 2.24) is 9.97 Å². The van der Waals surface area contributed by atoms with Crippen LogP contribution in [-0.4, -0.2) is 22.4 Å². The van der Waals surface area contributed by atoms with Gasteiger partial charge in [0.1, 0.15) is 5.15 Å². The topological polar surface area (TPSA) is 94.9 Å². The van der Waals surface area contributed by atoms with E-state index in [4.69, 9.17) is 23.1 Å². The van der Waals surface area contributed by atoms with Gasteiger partial charge in [0, 0.05) is 0 Å². The zero-order valence-corrected chi connectivity index (χ0v) is 13.2. The second-order valence-corrected chi connectivity index (χ2v) is 5.68. The molecule has 6 heteroatoms. The van der Waals surface area contributed by atoms with Crippen molar-refractivity contribution in [2.24, 2.45) is 17.4 Å². The van der Waals surface area contributed by atoms with Crippen molar-refractivity contribution in [1.29, 1.82) is 0 Å². The number of primary amides is 1. The van der Waals surface area contributed by atoms with Gasteiger partial charge in [-0.2, -0.15) is 0 Å². The molecule has 5 nitrogen and oxygen atoms in total. The smallest absolute Gasteiger partial charge is 0.269 e. The van der Waals surface area contributed by atoms with Crippen LogP contribution in [0.25, 0.3) is 0 Å². The number of amides is 1. The molecular weight excluding hydrogens is 300 g/mol. The number of aromatic nitrogens is 2. The summed E-state index contributed by atoms with van der Waals surface area (Å²) < 4.78 is 0. The van der Waals surface area contributed by atoms with Crippen LogP contribution in [0.3, 0.4) is 0 Å². The highest BCUT2D eigenvalue weighted by Crippen LogP contribution is 2.18. The van der Waals surface area contributed by atoms with Gasteiger partial charge >= 0.3 is 0 Å². The van der Waals surface area contributed by atoms with Gasteiger partial charge in [-0.1, -0.05) is 35.9 Å². The maximum Gasteiger partial charge on any atom is 0.269 e. The number of hydrogen-bond donors (Lipinski definition) is 2. The van der Waals surface area contributed by atoms with E-state index in [-0.39, 0.29) is 16.8 Å². The number of nitrogens with two attached hydrogens (primary N) is 2. The van der Waals surface area contributed by atoms with Crippen LogP contribution in [0.2, 0.25) is 5.15 Å². The third-order valence-corrected chi connectivity index (χ3v) is 3.82. The number of aryl methyl sites for hydroxylation is 1. The van der Waals surface area contributed by atoms with E-state index in [9.17, 15) is 4.79 Å². The van der Waals surface area contributed by atoms with Gasteiger partial charge in [-0.15, -0.1) is 0 Å². The second-order valence-electron chi connectivity index (χ2n) is 5.29. The molecule has 4 N–H and O–H groups in total. The fourth-order valence-corrected chi connectivity index (χ4v) is 2.53. The Hall–Kier alpha value is -1.98. The van der Waals surface area contributed by atoms with Crippen molar-refractivity contribution in [3.63, 3.8) is 0 Å². The van der Waals surface area contributed by atoms with Gasteiger partial charge in [0.15, 0.2) is 5.69 Å². The highest BCUT2D eigenvalue weighted by atomic mass is 35.5. The van der Waals surface area contributed by atoms with Gasteiger partial charge in [-0.05, 0) is 43.4 Å². The lowest BCUT2D eigenvalue weighted by molar-refractivity contribution is 0.0994. The van der Waals surface area contributed by atoms with Crippen molar-refractivity contribution in [3.8, 4) is 0 Å². The Bertz CT molecular complexity index is 675. The number of nitrogens with zero attached hydrogens (tertiary/aromatic N) is 2. The van der Waals surface area contributed by atoms with Crippen LogP contribution in [0.4, 0.5) is 0 Å². The quantitative estimate of drug-likeness (QED) is 0.850. The third-order valence-electron chi connectivity index (χ3n) is 3.64. The van der Waals surface area contributed by atoms with E-state index in [1.54, 1.807) is 0 Å². The summed E-state index contributed by atoms with van der Waals surface area (Å²) in [5.41, 5.74) is 14.4. The van der Waals surface area contributed by atoms with E-state index in [1.807, 2.05) is 12.1 Å². The number of carbonyl (C=O) groups excluding carboxylic acids is 1. The van der Waals surface area contributed by atoms with Crippen LogP contribution in [0.5, 0.6) is 0 Å². The van der Waals surface area contributed by atoms with Crippen LogP contribution in [0.15, 0.2) is 30.5 Å². The highest BCUT2D eigenvalue weighted by Gasteiger charge is 2.18. The maximum absolute atomic E-state index is 11.5. The molecule has 1 atom stereocenters. The van der Waals surface area contributed by atoms with Gasteiger partial charge in [-0.3, -0.25) is 9.78 Å². The summed E-state index contributed by atoms with van der Waals surface area (Å²) in [5.74, 6) is -0.480. The molecule has 1 aromatic heterocycles. The molecule has 0 saturated carbocycles. The summed E-state index contributed by atoms with van der Waals surface area (Å²) in [5, 5.41) is 0.153. The largest absolute Gasteiger partial charge is 0.364 e. The van der Waals surface area contributed by atoms with Crippen LogP contribution < -0.4 is 11.5 Å². The Balaban J connectivity index is 2.21. The molecule has 0 aliphatic rings. The van der Waals surface area contributed by atoms with E-state index < -0.39 is 5.91 Å². The molecule has 2 rings (SSSR count). The molecule has 22 heavy (non-hydrogen) atoms. The molecule has 1 aromatic carbocycles. The Morgan fingerprint density at radius 1 is 1.32 bits per heavy atom. The minimum atomic E-state index is -0.628. The van der Waals surface area contributed by atoms with E-state index >= 15 is 0 Å². The summed E-state index contributed by atoms with van der Waals surface area (Å²) in [7, 11) is 0. The first kappa shape index (κ1) is 16.4. The molecule has 0 aliphatic heterocycles. The maximum atomic E-state index is 11.5. The lowest BCUT2D eigenvalue weighted by atomic mass is 9.92. The van der Waals surface area contributed by atoms with Gasteiger partial charge in [-0.25, -0.2) is 4.98 Å². The molecule has 1 unspecified atom stereocenters. The highest BCUT2D eigenvalue weighted by molar-refractivity contribution is 6.29. The summed E-state index contributed by atoms with van der Waals surface area (Å²) >= 11 is 5.78. The Labute approximate surface area is 134 Å². The average molecular weight is 319 g/mol. The normalized spacial score (nSPS) is 12.1. The van der Waals surface area contributed by atoms with Crippen LogP contribution >= 0.6 is 11.6 Å². The molecule has 1 heterocycles. The Morgan fingerprint density at radius 3 is 2.68 bits per heavy atom. The fourth-order valence-electron chi connectivity index (χ4n) is 2.40. The van der Waals surface area contributed by atoms with Crippen molar-refractivity contribution in [3.05, 3.63) is 58.1 Å². The molecular formula is C16H19ClN4O. The molecule has 0 bridgehead atoms. The molecule has 2 aromatic rings. The zero-order valence-electron chi connectivity index (χ0n) is 12.4. The molecule has 0 fully saturated rings. The molecule has 0 spiro atoms. The molecule has 0 aliphatic carbocycles. The SMILES string of the molecule is Cc1ccccc1CC(CN)Cc1ncc(Cl)nc1C(N)=O. The van der Waals surface area contributed by atoms with Crippen LogP contribution in [0.1, 0.15) is 27.3 Å². The fraction of sp³-hybridized carbons (Fsp3) is 0.312. The standard InChI is InChI=1S/C16H19ClN4O/c1-10-4-2-3-5-12(10)6-11(8-18)7-13-15(16(19)22)21-14(17)9-20-13/h2-5,9,11H,6-8,18H2,1H3,(H2,19,22). The lowest BCUT2D eigenvalue weighted by Crippen LogP contribution is -2.24. The minimum Gasteiger partial charge on any atom is -0.364 e. The predicted molar refractivity (Wildman–Crippen MR) is 86.7 cm³/mol. The van der Waals surface area contributed by atoms with E-state index in [0.29, 0.717) is 18.7 Å². The van der Waals surface area contributed by atoms with E-state index in [1.165, 1.54) is 17.3 Å². The number of rotatable bonds is 6. The first-order valence-electron chi connectivity index (χ1n) is 7.07. The Morgan fingerprint density at radius 2 is 2.05 bits per heavy atom. The number of benzene rings is 1. The number of carbonyl (C=O) groups is 1. The summed E-state index contributed by atoms with van der Waals surface area (Å²) in [6.07, 6.45) is 2.77. The molecule has 1 amide bonds. The van der Waals surface area contributed by atoms with Gasteiger partial charge in [0.05, 0.1) is 11.9 Å². The van der Waals surface area contributed by atoms with Gasteiger partial charge < -0.3 is 11.5 Å². The average Bonchev–Trinajstić information content (AvgIpc) is 2.50. The first-order chi connectivity index (χ1) is 10.5. The molecule has 0 saturated heterocycles. The molecule has 116 valence electrons. The predicted octanol–water partition coefficient (Wildman–Crippen LogP) is 1.90. The molecule has 0 radical (unpaired) electrons. The van der Waals surface area contributed by atoms with Gasteiger partial charge in [0.2, 0.25) is 0 Å². The van der Waals surface area contributed by atoms with E-state index in [2.05, 4.69) is 29.0 Å².